The van der Waals surface area contributed by atoms with Gasteiger partial charge in [0.15, 0.2) is 6.10 Å². The van der Waals surface area contributed by atoms with Gasteiger partial charge in [-0.25, -0.2) is 0 Å². The number of carbonyl (C=O) groups excluding carboxylic acids is 2. The number of aliphatic hydroxyl groups excluding tert-OH is 1. The summed E-state index contributed by atoms with van der Waals surface area (Å²) in [7, 11) is 0. The normalized spacial score (nSPS) is 12.5. The van der Waals surface area contributed by atoms with Crippen LogP contribution >= 0.6 is 0 Å². The number of allylic oxidation sites excluding steroid dienone is 10. The van der Waals surface area contributed by atoms with E-state index in [1.165, 1.54) is 302 Å². The van der Waals surface area contributed by atoms with Crippen LogP contribution in [0, 0.1) is 0 Å². The fourth-order valence-electron chi connectivity index (χ4n) is 10.9. The van der Waals surface area contributed by atoms with Crippen molar-refractivity contribution in [2.45, 2.75) is 392 Å². The van der Waals surface area contributed by atoms with Crippen LogP contribution in [-0.4, -0.2) is 36.4 Å². The standard InChI is InChI=1S/C75H138O5/c1-3-5-7-9-11-13-15-17-19-21-23-25-27-29-31-32-33-34-35-36-37-38-39-40-41-42-44-46-48-50-52-54-56-58-60-62-64-66-68-70-75(78)80-73(71-76)72-79-74(77)69-67-65-63-61-59-57-55-53-51-49-47-45-43-30-28-26-24-22-20-18-16-14-12-10-8-6-4-2/h15-18,21-24,27,29,73,76H,3-14,19-20,25-26,28,30-72H2,1-2H3/b17-15-,18-16-,23-21-,24-22-,29-27-. The van der Waals surface area contributed by atoms with Gasteiger partial charge in [0.1, 0.15) is 6.61 Å². The van der Waals surface area contributed by atoms with Gasteiger partial charge in [0.2, 0.25) is 0 Å². The van der Waals surface area contributed by atoms with E-state index in [-0.39, 0.29) is 25.2 Å². The third-order valence-electron chi connectivity index (χ3n) is 16.3. The first-order chi connectivity index (χ1) is 39.6. The second kappa shape index (κ2) is 70.9. The van der Waals surface area contributed by atoms with Crippen LogP contribution in [0.3, 0.4) is 0 Å². The van der Waals surface area contributed by atoms with E-state index in [1.807, 2.05) is 0 Å². The molecule has 0 rings (SSSR count). The SMILES string of the molecule is CCCCCCC/C=C\C/C=C\C/C=C\CCCCCCCCCCCCCCCCCCCCCCCCCCC(=O)OC(CO)COC(=O)CCCCCCCCCCCCCCCCC/C=C\C/C=C\CCCCCCC. The van der Waals surface area contributed by atoms with Gasteiger partial charge in [-0.05, 0) is 83.5 Å². The summed E-state index contributed by atoms with van der Waals surface area (Å²) in [5, 5.41) is 9.70. The van der Waals surface area contributed by atoms with Gasteiger partial charge < -0.3 is 14.6 Å². The molecule has 1 atom stereocenters. The number of unbranched alkanes of at least 4 members (excludes halogenated alkanes) is 49. The number of carbonyl (C=O) groups is 2. The van der Waals surface area contributed by atoms with E-state index < -0.39 is 6.10 Å². The summed E-state index contributed by atoms with van der Waals surface area (Å²) in [4.78, 5) is 24.7. The molecule has 5 heteroatoms. The summed E-state index contributed by atoms with van der Waals surface area (Å²) in [6, 6.07) is 0. The average molecular weight is 1120 g/mol. The fraction of sp³-hybridized carbons (Fsp3) is 0.840. The minimum Gasteiger partial charge on any atom is -0.462 e. The third-order valence-corrected chi connectivity index (χ3v) is 16.3. The predicted molar refractivity (Wildman–Crippen MR) is 353 cm³/mol. The molecule has 0 amide bonds. The molecule has 0 fully saturated rings. The second-order valence-electron chi connectivity index (χ2n) is 24.3. The summed E-state index contributed by atoms with van der Waals surface area (Å²) in [5.41, 5.74) is 0. The molecule has 0 spiro atoms. The van der Waals surface area contributed by atoms with Crippen molar-refractivity contribution in [2.24, 2.45) is 0 Å². The molecule has 0 aliphatic carbocycles. The smallest absolute Gasteiger partial charge is 0.306 e. The van der Waals surface area contributed by atoms with Gasteiger partial charge in [-0.2, -0.15) is 0 Å². The van der Waals surface area contributed by atoms with Gasteiger partial charge in [0.25, 0.3) is 0 Å². The molecule has 0 saturated heterocycles. The number of aliphatic hydroxyl groups is 1. The van der Waals surface area contributed by atoms with Crippen molar-refractivity contribution in [2.75, 3.05) is 13.2 Å². The first kappa shape index (κ1) is 77.6. The van der Waals surface area contributed by atoms with Gasteiger partial charge in [-0.1, -0.05) is 351 Å². The Bertz CT molecular complexity index is 1360. The van der Waals surface area contributed by atoms with Gasteiger partial charge in [0.05, 0.1) is 6.61 Å². The first-order valence-electron chi connectivity index (χ1n) is 35.8. The highest BCUT2D eigenvalue weighted by Gasteiger charge is 2.16. The lowest BCUT2D eigenvalue weighted by Gasteiger charge is -2.15. The third kappa shape index (κ3) is 68.1. The maximum Gasteiger partial charge on any atom is 0.306 e. The summed E-state index contributed by atoms with van der Waals surface area (Å²) in [6.07, 6.45) is 96.9. The maximum atomic E-state index is 12.4. The van der Waals surface area contributed by atoms with E-state index in [2.05, 4.69) is 74.6 Å². The van der Waals surface area contributed by atoms with Gasteiger partial charge in [-0.15, -0.1) is 0 Å². The van der Waals surface area contributed by atoms with Crippen LogP contribution in [0.4, 0.5) is 0 Å². The van der Waals surface area contributed by atoms with E-state index in [4.69, 9.17) is 9.47 Å². The molecule has 1 N–H and O–H groups in total. The summed E-state index contributed by atoms with van der Waals surface area (Å²) >= 11 is 0. The van der Waals surface area contributed by atoms with Crippen LogP contribution < -0.4 is 0 Å². The average Bonchev–Trinajstić information content (AvgIpc) is 3.46. The molecule has 0 radical (unpaired) electrons. The minimum absolute atomic E-state index is 0.0616. The van der Waals surface area contributed by atoms with Crippen molar-refractivity contribution >= 4 is 11.9 Å². The molecule has 0 aromatic heterocycles. The van der Waals surface area contributed by atoms with Crippen LogP contribution in [-0.2, 0) is 19.1 Å². The zero-order chi connectivity index (χ0) is 57.6. The van der Waals surface area contributed by atoms with E-state index in [0.29, 0.717) is 12.8 Å². The van der Waals surface area contributed by atoms with Crippen LogP contribution in [0.5, 0.6) is 0 Å². The molecule has 0 aliphatic rings. The molecule has 0 aromatic rings. The Kier molecular flexibility index (Phi) is 68.7. The van der Waals surface area contributed by atoms with Gasteiger partial charge >= 0.3 is 11.9 Å². The van der Waals surface area contributed by atoms with Gasteiger partial charge in [-0.3, -0.25) is 9.59 Å². The zero-order valence-electron chi connectivity index (χ0n) is 53.9. The highest BCUT2D eigenvalue weighted by atomic mass is 16.6. The largest absolute Gasteiger partial charge is 0.462 e. The molecule has 0 heterocycles. The van der Waals surface area contributed by atoms with E-state index >= 15 is 0 Å². The van der Waals surface area contributed by atoms with Crippen LogP contribution in [0.2, 0.25) is 0 Å². The molecule has 5 nitrogen and oxygen atoms in total. The molecular weight excluding hydrogens is 981 g/mol. The molecule has 0 aliphatic heterocycles. The lowest BCUT2D eigenvalue weighted by Crippen LogP contribution is -2.28. The van der Waals surface area contributed by atoms with Crippen molar-refractivity contribution in [3.63, 3.8) is 0 Å². The van der Waals surface area contributed by atoms with Gasteiger partial charge in [0, 0.05) is 12.8 Å². The Morgan fingerprint density at radius 1 is 0.287 bits per heavy atom. The monoisotopic (exact) mass is 1120 g/mol. The number of esters is 2. The Balaban J connectivity index is 3.39. The molecule has 0 aromatic carbocycles. The Labute approximate surface area is 500 Å². The van der Waals surface area contributed by atoms with Crippen molar-refractivity contribution in [3.8, 4) is 0 Å². The second-order valence-corrected chi connectivity index (χ2v) is 24.3. The molecule has 0 bridgehead atoms. The highest BCUT2D eigenvalue weighted by Crippen LogP contribution is 2.19. The Hall–Kier alpha value is -2.40. The minimum atomic E-state index is -0.772. The van der Waals surface area contributed by atoms with Crippen molar-refractivity contribution in [1.29, 1.82) is 0 Å². The van der Waals surface area contributed by atoms with E-state index in [0.717, 1.165) is 57.8 Å². The van der Waals surface area contributed by atoms with E-state index in [1.54, 1.807) is 0 Å². The van der Waals surface area contributed by atoms with E-state index in [9.17, 15) is 14.7 Å². The van der Waals surface area contributed by atoms with Crippen molar-refractivity contribution < 1.29 is 24.2 Å². The Morgan fingerprint density at radius 2 is 0.500 bits per heavy atom. The lowest BCUT2D eigenvalue weighted by atomic mass is 10.0. The Morgan fingerprint density at radius 3 is 0.750 bits per heavy atom. The number of hydrogen-bond donors (Lipinski definition) is 1. The van der Waals surface area contributed by atoms with Crippen molar-refractivity contribution in [1.82, 2.24) is 0 Å². The first-order valence-corrected chi connectivity index (χ1v) is 35.8. The summed E-state index contributed by atoms with van der Waals surface area (Å²) < 4.78 is 10.8. The predicted octanol–water partition coefficient (Wildman–Crippen LogP) is 24.9. The van der Waals surface area contributed by atoms with Crippen LogP contribution in [0.1, 0.15) is 386 Å². The van der Waals surface area contributed by atoms with Crippen LogP contribution in [0.25, 0.3) is 0 Å². The molecular formula is C75H138O5. The summed E-state index contributed by atoms with van der Waals surface area (Å²) in [5.74, 6) is -0.570. The fourth-order valence-corrected chi connectivity index (χ4v) is 10.9. The molecule has 468 valence electrons. The summed E-state index contributed by atoms with van der Waals surface area (Å²) in [6.45, 7) is 4.17. The lowest BCUT2D eigenvalue weighted by molar-refractivity contribution is -0.161. The number of hydrogen-bond acceptors (Lipinski definition) is 5. The highest BCUT2D eigenvalue weighted by molar-refractivity contribution is 5.70. The zero-order valence-corrected chi connectivity index (χ0v) is 53.9. The quantitative estimate of drug-likeness (QED) is 0.0373. The molecule has 80 heavy (non-hydrogen) atoms. The maximum absolute atomic E-state index is 12.4. The topological polar surface area (TPSA) is 72.8 Å². The van der Waals surface area contributed by atoms with Crippen LogP contribution in [0.15, 0.2) is 60.8 Å². The number of rotatable bonds is 67. The van der Waals surface area contributed by atoms with Crippen molar-refractivity contribution in [3.05, 3.63) is 60.8 Å². The molecule has 1 unspecified atom stereocenters. The number of ether oxygens (including phenoxy) is 2. The molecule has 0 saturated carbocycles.